The predicted molar refractivity (Wildman–Crippen MR) is 45.0 cm³/mol. The lowest BCUT2D eigenvalue weighted by Gasteiger charge is -2.02. The fraction of sp³-hybridized carbons (Fsp3) is 0.250. The molecule has 62 valence electrons. The van der Waals surface area contributed by atoms with Crippen LogP contribution in [0.3, 0.4) is 0 Å². The zero-order valence-electron chi connectivity index (χ0n) is 6.74. The van der Waals surface area contributed by atoms with E-state index < -0.39 is 0 Å². The Morgan fingerprint density at radius 1 is 1.75 bits per heavy atom. The van der Waals surface area contributed by atoms with Crippen molar-refractivity contribution in [1.29, 1.82) is 5.26 Å². The lowest BCUT2D eigenvalue weighted by atomic mass is 10.3. The molecular formula is C8H9N3O. The fourth-order valence-corrected chi connectivity index (χ4v) is 0.693. The number of nitriles is 1. The van der Waals surface area contributed by atoms with E-state index in [0.29, 0.717) is 18.2 Å². The van der Waals surface area contributed by atoms with Gasteiger partial charge in [0.25, 0.3) is 6.02 Å². The van der Waals surface area contributed by atoms with Crippen molar-refractivity contribution >= 4 is 6.02 Å². The van der Waals surface area contributed by atoms with Crippen LogP contribution in [-0.4, -0.2) is 12.6 Å². The van der Waals surface area contributed by atoms with Gasteiger partial charge in [-0.2, -0.15) is 5.26 Å². The van der Waals surface area contributed by atoms with Crippen LogP contribution in [0.4, 0.5) is 0 Å². The van der Waals surface area contributed by atoms with Crippen molar-refractivity contribution in [2.24, 2.45) is 4.99 Å². The van der Waals surface area contributed by atoms with Gasteiger partial charge in [-0.3, -0.25) is 0 Å². The second-order valence-corrected chi connectivity index (χ2v) is 2.04. The molecule has 0 atom stereocenters. The van der Waals surface area contributed by atoms with E-state index in [2.05, 4.69) is 10.3 Å². The van der Waals surface area contributed by atoms with Gasteiger partial charge in [-0.1, -0.05) is 0 Å². The van der Waals surface area contributed by atoms with E-state index in [-0.39, 0.29) is 0 Å². The Bertz CT molecular complexity index is 283. The number of ether oxygens (including phenoxy) is 1. The lowest BCUT2D eigenvalue weighted by molar-refractivity contribution is 0.315. The van der Waals surface area contributed by atoms with Crippen LogP contribution in [-0.2, 0) is 4.74 Å². The number of rotatable bonds is 1. The van der Waals surface area contributed by atoms with Gasteiger partial charge in [-0.15, -0.1) is 0 Å². The Labute approximate surface area is 70.9 Å². The average molecular weight is 163 g/mol. The zero-order chi connectivity index (χ0) is 8.81. The van der Waals surface area contributed by atoms with Gasteiger partial charge in [0, 0.05) is 6.20 Å². The van der Waals surface area contributed by atoms with E-state index in [4.69, 9.17) is 10.00 Å². The highest BCUT2D eigenvalue weighted by Crippen LogP contribution is 1.98. The topological polar surface area (TPSA) is 57.4 Å². The van der Waals surface area contributed by atoms with Crippen LogP contribution >= 0.6 is 0 Å². The SMILES string of the molecule is CCOC1=NC=C(C#N)C=CN1. The van der Waals surface area contributed by atoms with Crippen molar-refractivity contribution in [3.63, 3.8) is 0 Å². The molecule has 12 heavy (non-hydrogen) atoms. The first-order valence-electron chi connectivity index (χ1n) is 3.60. The summed E-state index contributed by atoms with van der Waals surface area (Å²) in [5.41, 5.74) is 0.497. The van der Waals surface area contributed by atoms with Gasteiger partial charge < -0.3 is 10.1 Å². The van der Waals surface area contributed by atoms with Crippen LogP contribution in [0.5, 0.6) is 0 Å². The average Bonchev–Trinajstić information content (AvgIpc) is 2.31. The summed E-state index contributed by atoms with van der Waals surface area (Å²) in [6.07, 6.45) is 4.72. The molecule has 0 bridgehead atoms. The summed E-state index contributed by atoms with van der Waals surface area (Å²) < 4.78 is 5.09. The van der Waals surface area contributed by atoms with Crippen molar-refractivity contribution < 1.29 is 4.74 Å². The third-order valence-corrected chi connectivity index (χ3v) is 1.20. The minimum atomic E-state index is 0.416. The molecule has 1 aliphatic heterocycles. The maximum Gasteiger partial charge on any atom is 0.293 e. The molecule has 0 spiro atoms. The van der Waals surface area contributed by atoms with Crippen LogP contribution in [0, 0.1) is 11.3 Å². The van der Waals surface area contributed by atoms with Gasteiger partial charge >= 0.3 is 0 Å². The molecule has 4 heteroatoms. The van der Waals surface area contributed by atoms with E-state index in [1.54, 1.807) is 12.3 Å². The first kappa shape index (κ1) is 8.34. The van der Waals surface area contributed by atoms with Gasteiger partial charge in [0.05, 0.1) is 18.4 Å². The Morgan fingerprint density at radius 3 is 3.25 bits per heavy atom. The molecule has 0 unspecified atom stereocenters. The molecule has 0 fully saturated rings. The maximum atomic E-state index is 8.52. The molecule has 0 aromatic heterocycles. The van der Waals surface area contributed by atoms with Gasteiger partial charge in [-0.05, 0) is 13.0 Å². The third kappa shape index (κ3) is 2.13. The quantitative estimate of drug-likeness (QED) is 0.624. The third-order valence-electron chi connectivity index (χ3n) is 1.20. The normalized spacial score (nSPS) is 15.0. The van der Waals surface area contributed by atoms with E-state index in [1.807, 2.05) is 13.0 Å². The molecule has 0 aliphatic carbocycles. The number of aliphatic imine (C=N–C) groups is 1. The number of hydrogen-bond donors (Lipinski definition) is 1. The molecule has 4 nitrogen and oxygen atoms in total. The summed E-state index contributed by atoms with van der Waals surface area (Å²) in [7, 11) is 0. The van der Waals surface area contributed by atoms with E-state index in [9.17, 15) is 0 Å². The molecule has 1 heterocycles. The van der Waals surface area contributed by atoms with Gasteiger partial charge in [0.2, 0.25) is 0 Å². The highest BCUT2D eigenvalue weighted by atomic mass is 16.5. The number of hydrogen-bond acceptors (Lipinski definition) is 4. The number of allylic oxidation sites excluding steroid dienone is 2. The van der Waals surface area contributed by atoms with Crippen LogP contribution in [0.15, 0.2) is 29.0 Å². The first-order valence-corrected chi connectivity index (χ1v) is 3.60. The predicted octanol–water partition coefficient (Wildman–Crippen LogP) is 0.903. The van der Waals surface area contributed by atoms with Gasteiger partial charge in [-0.25, -0.2) is 4.99 Å². The van der Waals surface area contributed by atoms with Gasteiger partial charge in [0.15, 0.2) is 0 Å². The minimum Gasteiger partial charge on any atom is -0.465 e. The van der Waals surface area contributed by atoms with Crippen LogP contribution in [0.1, 0.15) is 6.92 Å². The second-order valence-electron chi connectivity index (χ2n) is 2.04. The largest absolute Gasteiger partial charge is 0.465 e. The summed E-state index contributed by atoms with van der Waals surface area (Å²) in [6.45, 7) is 2.42. The van der Waals surface area contributed by atoms with Crippen molar-refractivity contribution in [2.45, 2.75) is 6.92 Å². The maximum absolute atomic E-state index is 8.52. The van der Waals surface area contributed by atoms with Crippen LogP contribution in [0.2, 0.25) is 0 Å². The molecule has 0 amide bonds. The molecule has 1 rings (SSSR count). The summed E-state index contributed by atoms with van der Waals surface area (Å²) >= 11 is 0. The number of nitrogens with zero attached hydrogens (tertiary/aromatic N) is 2. The summed E-state index contributed by atoms with van der Waals surface area (Å²) in [5.74, 6) is 0. The summed E-state index contributed by atoms with van der Waals surface area (Å²) in [4.78, 5) is 3.90. The molecule has 0 saturated carbocycles. The van der Waals surface area contributed by atoms with Crippen LogP contribution < -0.4 is 5.32 Å². The molecule has 1 aliphatic rings. The summed E-state index contributed by atoms with van der Waals surface area (Å²) in [6, 6.07) is 2.39. The molecule has 0 radical (unpaired) electrons. The minimum absolute atomic E-state index is 0.416. The molecule has 0 aromatic carbocycles. The number of amidine groups is 1. The summed E-state index contributed by atoms with van der Waals surface area (Å²) in [5, 5.41) is 11.3. The Kier molecular flexibility index (Phi) is 2.91. The fourth-order valence-electron chi connectivity index (χ4n) is 0.693. The first-order chi connectivity index (χ1) is 5.86. The lowest BCUT2D eigenvalue weighted by Crippen LogP contribution is -2.19. The van der Waals surface area contributed by atoms with E-state index >= 15 is 0 Å². The molecule has 0 saturated heterocycles. The highest BCUT2D eigenvalue weighted by molar-refractivity contribution is 5.76. The molecule has 1 N–H and O–H groups in total. The van der Waals surface area contributed by atoms with Gasteiger partial charge in [0.1, 0.15) is 6.07 Å². The Hall–Kier alpha value is -1.76. The molecular weight excluding hydrogens is 154 g/mol. The smallest absolute Gasteiger partial charge is 0.293 e. The van der Waals surface area contributed by atoms with Crippen molar-refractivity contribution in [1.82, 2.24) is 5.32 Å². The highest BCUT2D eigenvalue weighted by Gasteiger charge is 1.98. The van der Waals surface area contributed by atoms with Crippen LogP contribution in [0.25, 0.3) is 0 Å². The standard InChI is InChI=1S/C8H9N3O/c1-2-12-8-10-4-3-7(5-9)6-11-8/h3-4,6H,2H2,1H3,(H,10,11). The second kappa shape index (κ2) is 4.19. The monoisotopic (exact) mass is 163 g/mol. The molecule has 0 aromatic rings. The van der Waals surface area contributed by atoms with E-state index in [0.717, 1.165) is 0 Å². The Balaban J connectivity index is 2.72. The zero-order valence-corrected chi connectivity index (χ0v) is 6.74. The van der Waals surface area contributed by atoms with E-state index in [1.165, 1.54) is 6.20 Å². The van der Waals surface area contributed by atoms with Crippen molar-refractivity contribution in [2.75, 3.05) is 6.61 Å². The van der Waals surface area contributed by atoms with Crippen molar-refractivity contribution in [3.05, 3.63) is 24.0 Å². The number of nitrogens with one attached hydrogen (secondary N) is 1. The van der Waals surface area contributed by atoms with Crippen molar-refractivity contribution in [3.8, 4) is 6.07 Å². The Morgan fingerprint density at radius 2 is 2.58 bits per heavy atom.